The molecule has 1 aliphatic rings. The molecule has 0 aliphatic carbocycles. The Balaban J connectivity index is 0. The Labute approximate surface area is 101 Å². The minimum absolute atomic E-state index is 0.129. The van der Waals surface area contributed by atoms with Crippen LogP contribution in [-0.2, 0) is 9.53 Å². The molecule has 1 amide bonds. The van der Waals surface area contributed by atoms with Crippen molar-refractivity contribution in [2.24, 2.45) is 5.92 Å². The lowest BCUT2D eigenvalue weighted by Gasteiger charge is -2.30. The first-order valence-electron chi connectivity index (χ1n) is 6.50. The van der Waals surface area contributed by atoms with Crippen LogP contribution >= 0.6 is 0 Å². The highest BCUT2D eigenvalue weighted by atomic mass is 16.5. The van der Waals surface area contributed by atoms with Gasteiger partial charge in [0.25, 0.3) is 0 Å². The summed E-state index contributed by atoms with van der Waals surface area (Å²) < 4.78 is 4.79. The number of hydrogen-bond acceptors (Lipinski definition) is 2. The SMILES string of the molecule is CC.CC.COCC(=O)N1CCC(C)CC1. The predicted molar refractivity (Wildman–Crippen MR) is 69.6 cm³/mol. The second kappa shape index (κ2) is 12.5. The predicted octanol–water partition coefficient (Wildman–Crippen LogP) is 2.94. The summed E-state index contributed by atoms with van der Waals surface area (Å²) in [6.07, 6.45) is 2.27. The Morgan fingerprint density at radius 2 is 1.62 bits per heavy atom. The first-order chi connectivity index (χ1) is 7.74. The quantitative estimate of drug-likeness (QED) is 0.731. The Bertz CT molecular complexity index is 152. The fourth-order valence-corrected chi connectivity index (χ4v) is 1.47. The Hall–Kier alpha value is -0.570. The monoisotopic (exact) mass is 231 g/mol. The molecule has 0 aromatic heterocycles. The van der Waals surface area contributed by atoms with Gasteiger partial charge in [-0.2, -0.15) is 0 Å². The van der Waals surface area contributed by atoms with Gasteiger partial charge in [0.15, 0.2) is 0 Å². The van der Waals surface area contributed by atoms with Gasteiger partial charge in [0.1, 0.15) is 6.61 Å². The Morgan fingerprint density at radius 3 is 2.00 bits per heavy atom. The van der Waals surface area contributed by atoms with Gasteiger partial charge in [-0.3, -0.25) is 4.79 Å². The molecule has 3 heteroatoms. The summed E-state index contributed by atoms with van der Waals surface area (Å²) in [5.41, 5.74) is 0. The van der Waals surface area contributed by atoms with Gasteiger partial charge in [0.05, 0.1) is 0 Å². The molecule has 16 heavy (non-hydrogen) atoms. The van der Waals surface area contributed by atoms with Gasteiger partial charge in [-0.15, -0.1) is 0 Å². The lowest BCUT2D eigenvalue weighted by atomic mass is 9.99. The van der Waals surface area contributed by atoms with E-state index in [-0.39, 0.29) is 12.5 Å². The van der Waals surface area contributed by atoms with Crippen molar-refractivity contribution in [3.8, 4) is 0 Å². The number of methoxy groups -OCH3 is 1. The van der Waals surface area contributed by atoms with Gasteiger partial charge in [-0.25, -0.2) is 0 Å². The molecule has 1 rings (SSSR count). The number of carbonyl (C=O) groups is 1. The maximum absolute atomic E-state index is 11.3. The number of rotatable bonds is 2. The summed E-state index contributed by atoms with van der Waals surface area (Å²) in [6.45, 7) is 12.3. The van der Waals surface area contributed by atoms with Crippen LogP contribution in [0.2, 0.25) is 0 Å². The van der Waals surface area contributed by atoms with Gasteiger partial charge in [-0.1, -0.05) is 34.6 Å². The van der Waals surface area contributed by atoms with Gasteiger partial charge in [0.2, 0.25) is 5.91 Å². The van der Waals surface area contributed by atoms with Crippen molar-refractivity contribution >= 4 is 5.91 Å². The van der Waals surface area contributed by atoms with E-state index in [1.54, 1.807) is 7.11 Å². The van der Waals surface area contributed by atoms with Crippen molar-refractivity contribution in [1.82, 2.24) is 4.90 Å². The van der Waals surface area contributed by atoms with E-state index < -0.39 is 0 Å². The molecule has 3 nitrogen and oxygen atoms in total. The fraction of sp³-hybridized carbons (Fsp3) is 0.923. The number of likely N-dealkylation sites (tertiary alicyclic amines) is 1. The van der Waals surface area contributed by atoms with E-state index in [4.69, 9.17) is 4.74 Å². The van der Waals surface area contributed by atoms with Crippen molar-refractivity contribution in [2.45, 2.75) is 47.5 Å². The van der Waals surface area contributed by atoms with Crippen molar-refractivity contribution in [2.75, 3.05) is 26.8 Å². The summed E-state index contributed by atoms with van der Waals surface area (Å²) in [7, 11) is 1.56. The minimum atomic E-state index is 0.129. The van der Waals surface area contributed by atoms with Crippen molar-refractivity contribution < 1.29 is 9.53 Å². The zero-order valence-corrected chi connectivity index (χ0v) is 11.9. The topological polar surface area (TPSA) is 29.5 Å². The largest absolute Gasteiger partial charge is 0.375 e. The lowest BCUT2D eigenvalue weighted by molar-refractivity contribution is -0.136. The first-order valence-corrected chi connectivity index (χ1v) is 6.50. The molecule has 1 saturated heterocycles. The number of ether oxygens (including phenoxy) is 1. The Morgan fingerprint density at radius 1 is 1.19 bits per heavy atom. The van der Waals surface area contributed by atoms with Crippen LogP contribution in [0.1, 0.15) is 47.5 Å². The molecule has 0 bridgehead atoms. The zero-order valence-electron chi connectivity index (χ0n) is 11.9. The zero-order chi connectivity index (χ0) is 13.0. The standard InChI is InChI=1S/C9H17NO2.2C2H6/c1-8-3-5-10(6-4-8)9(11)7-12-2;2*1-2/h8H,3-7H2,1-2H3;2*1-2H3. The summed E-state index contributed by atoms with van der Waals surface area (Å²) in [5.74, 6) is 0.904. The molecule has 0 N–H and O–H groups in total. The van der Waals surface area contributed by atoms with Gasteiger partial charge in [0, 0.05) is 20.2 Å². The highest BCUT2D eigenvalue weighted by Gasteiger charge is 2.19. The molecule has 1 aliphatic heterocycles. The summed E-state index contributed by atoms with van der Waals surface area (Å²) >= 11 is 0. The number of carbonyl (C=O) groups excluding carboxylic acids is 1. The smallest absolute Gasteiger partial charge is 0.248 e. The summed E-state index contributed by atoms with van der Waals surface area (Å²) in [5, 5.41) is 0. The van der Waals surface area contributed by atoms with E-state index in [1.165, 1.54) is 0 Å². The molecular formula is C13H29NO2. The van der Waals surface area contributed by atoms with Crippen molar-refractivity contribution in [1.29, 1.82) is 0 Å². The molecule has 1 heterocycles. The van der Waals surface area contributed by atoms with Crippen LogP contribution in [0.3, 0.4) is 0 Å². The van der Waals surface area contributed by atoms with E-state index in [0.29, 0.717) is 0 Å². The first kappa shape index (κ1) is 17.8. The Kier molecular flexibility index (Phi) is 13.9. The van der Waals surface area contributed by atoms with E-state index in [0.717, 1.165) is 31.8 Å². The van der Waals surface area contributed by atoms with Gasteiger partial charge < -0.3 is 9.64 Å². The van der Waals surface area contributed by atoms with Gasteiger partial charge >= 0.3 is 0 Å². The molecule has 0 unspecified atom stereocenters. The molecule has 0 aromatic carbocycles. The van der Waals surface area contributed by atoms with Crippen molar-refractivity contribution in [3.63, 3.8) is 0 Å². The highest BCUT2D eigenvalue weighted by molar-refractivity contribution is 5.77. The molecular weight excluding hydrogens is 202 g/mol. The number of nitrogens with zero attached hydrogens (tertiary/aromatic N) is 1. The molecule has 0 radical (unpaired) electrons. The van der Waals surface area contributed by atoms with Crippen molar-refractivity contribution in [3.05, 3.63) is 0 Å². The van der Waals surface area contributed by atoms with E-state index >= 15 is 0 Å². The van der Waals surface area contributed by atoms with Crippen LogP contribution < -0.4 is 0 Å². The van der Waals surface area contributed by atoms with Gasteiger partial charge in [-0.05, 0) is 18.8 Å². The minimum Gasteiger partial charge on any atom is -0.375 e. The van der Waals surface area contributed by atoms with Crippen LogP contribution in [0.15, 0.2) is 0 Å². The number of amides is 1. The molecule has 1 fully saturated rings. The van der Waals surface area contributed by atoms with E-state index in [9.17, 15) is 4.79 Å². The molecule has 0 aromatic rings. The number of hydrogen-bond donors (Lipinski definition) is 0. The molecule has 98 valence electrons. The van der Waals surface area contributed by atoms with Crippen LogP contribution in [0.25, 0.3) is 0 Å². The lowest BCUT2D eigenvalue weighted by Crippen LogP contribution is -2.39. The highest BCUT2D eigenvalue weighted by Crippen LogP contribution is 2.15. The average molecular weight is 231 g/mol. The number of piperidine rings is 1. The summed E-state index contributed by atoms with van der Waals surface area (Å²) in [4.78, 5) is 13.2. The molecule has 0 atom stereocenters. The van der Waals surface area contributed by atoms with Crippen LogP contribution in [0, 0.1) is 5.92 Å². The normalized spacial score (nSPS) is 15.5. The third-order valence-electron chi connectivity index (χ3n) is 2.40. The maximum atomic E-state index is 11.3. The maximum Gasteiger partial charge on any atom is 0.248 e. The van der Waals surface area contributed by atoms with Crippen LogP contribution in [0.5, 0.6) is 0 Å². The van der Waals surface area contributed by atoms with Crippen LogP contribution in [0.4, 0.5) is 0 Å². The fourth-order valence-electron chi connectivity index (χ4n) is 1.47. The van der Waals surface area contributed by atoms with E-state index in [2.05, 4.69) is 6.92 Å². The van der Waals surface area contributed by atoms with E-state index in [1.807, 2.05) is 32.6 Å². The third-order valence-corrected chi connectivity index (χ3v) is 2.40. The molecule has 0 saturated carbocycles. The second-order valence-electron chi connectivity index (χ2n) is 3.50. The summed E-state index contributed by atoms with van der Waals surface area (Å²) in [6, 6.07) is 0. The second-order valence-corrected chi connectivity index (χ2v) is 3.50. The molecule has 0 spiro atoms. The third kappa shape index (κ3) is 7.69. The van der Waals surface area contributed by atoms with Crippen LogP contribution in [-0.4, -0.2) is 37.6 Å². The average Bonchev–Trinajstić information content (AvgIpc) is 2.35.